The number of ether oxygens (including phenoxy) is 1. The Labute approximate surface area is 95.8 Å². The third-order valence-electron chi connectivity index (χ3n) is 2.12. The molecule has 1 aromatic rings. The summed E-state index contributed by atoms with van der Waals surface area (Å²) in [6.45, 7) is 4.28. The fraction of sp³-hybridized carbons (Fsp3) is 0.417. The number of nitrogens with one attached hydrogen (secondary N) is 1. The molecule has 3 N–H and O–H groups in total. The molecule has 0 aliphatic rings. The van der Waals surface area contributed by atoms with Gasteiger partial charge in [-0.3, -0.25) is 4.79 Å². The maximum absolute atomic E-state index is 11.4. The molecule has 4 nitrogen and oxygen atoms in total. The van der Waals surface area contributed by atoms with Gasteiger partial charge < -0.3 is 15.8 Å². The average Bonchev–Trinajstić information content (AvgIpc) is 2.26. The molecular weight excluding hydrogens is 204 g/mol. The van der Waals surface area contributed by atoms with Crippen LogP contribution in [0.2, 0.25) is 0 Å². The summed E-state index contributed by atoms with van der Waals surface area (Å²) in [5.74, 6) is 0.551. The van der Waals surface area contributed by atoms with E-state index in [-0.39, 0.29) is 18.6 Å². The van der Waals surface area contributed by atoms with E-state index < -0.39 is 0 Å². The van der Waals surface area contributed by atoms with Crippen LogP contribution in [0, 0.1) is 6.92 Å². The van der Waals surface area contributed by atoms with Crippen molar-refractivity contribution in [3.05, 3.63) is 29.8 Å². The van der Waals surface area contributed by atoms with Crippen LogP contribution in [0.3, 0.4) is 0 Å². The number of carbonyl (C=O) groups is 1. The fourth-order valence-electron chi connectivity index (χ4n) is 1.23. The Morgan fingerprint density at radius 2 is 2.31 bits per heavy atom. The molecule has 0 aromatic heterocycles. The lowest BCUT2D eigenvalue weighted by molar-refractivity contribution is -0.123. The maximum atomic E-state index is 11.4. The Bertz CT molecular complexity index is 353. The summed E-state index contributed by atoms with van der Waals surface area (Å²) >= 11 is 0. The minimum atomic E-state index is -0.153. The van der Waals surface area contributed by atoms with Gasteiger partial charge in [-0.25, -0.2) is 0 Å². The van der Waals surface area contributed by atoms with Gasteiger partial charge in [0.2, 0.25) is 0 Å². The van der Waals surface area contributed by atoms with Gasteiger partial charge in [-0.1, -0.05) is 12.1 Å². The van der Waals surface area contributed by atoms with Crippen molar-refractivity contribution in [2.45, 2.75) is 19.9 Å². The van der Waals surface area contributed by atoms with Crippen molar-refractivity contribution in [2.24, 2.45) is 5.73 Å². The van der Waals surface area contributed by atoms with Gasteiger partial charge in [-0.05, 0) is 31.5 Å². The first-order valence-electron chi connectivity index (χ1n) is 5.30. The van der Waals surface area contributed by atoms with E-state index in [2.05, 4.69) is 5.32 Å². The van der Waals surface area contributed by atoms with Crippen LogP contribution >= 0.6 is 0 Å². The van der Waals surface area contributed by atoms with E-state index in [0.29, 0.717) is 12.3 Å². The highest BCUT2D eigenvalue weighted by molar-refractivity contribution is 5.77. The van der Waals surface area contributed by atoms with Crippen molar-refractivity contribution in [3.63, 3.8) is 0 Å². The molecule has 1 aromatic carbocycles. The number of amides is 1. The molecule has 0 saturated heterocycles. The molecule has 16 heavy (non-hydrogen) atoms. The van der Waals surface area contributed by atoms with E-state index in [0.717, 1.165) is 5.56 Å². The molecule has 0 unspecified atom stereocenters. The molecule has 88 valence electrons. The van der Waals surface area contributed by atoms with Crippen LogP contribution in [0.1, 0.15) is 12.5 Å². The van der Waals surface area contributed by atoms with Crippen LogP contribution in [-0.2, 0) is 4.79 Å². The lowest BCUT2D eigenvalue weighted by atomic mass is 10.2. The summed E-state index contributed by atoms with van der Waals surface area (Å²) < 4.78 is 5.34. The van der Waals surface area contributed by atoms with Gasteiger partial charge in [-0.15, -0.1) is 0 Å². The van der Waals surface area contributed by atoms with E-state index in [1.807, 2.05) is 38.1 Å². The highest BCUT2D eigenvalue weighted by Gasteiger charge is 2.06. The number of nitrogens with two attached hydrogens (primary N) is 1. The third kappa shape index (κ3) is 4.31. The maximum Gasteiger partial charge on any atom is 0.258 e. The Kier molecular flexibility index (Phi) is 4.79. The molecule has 1 rings (SSSR count). The minimum absolute atomic E-state index is 0.0198. The molecule has 0 bridgehead atoms. The van der Waals surface area contributed by atoms with Gasteiger partial charge in [0, 0.05) is 12.6 Å². The number of hydrogen-bond donors (Lipinski definition) is 2. The van der Waals surface area contributed by atoms with Gasteiger partial charge in [0.05, 0.1) is 0 Å². The lowest BCUT2D eigenvalue weighted by Crippen LogP contribution is -2.40. The largest absolute Gasteiger partial charge is 0.484 e. The van der Waals surface area contributed by atoms with Gasteiger partial charge in [0.25, 0.3) is 5.91 Å². The van der Waals surface area contributed by atoms with E-state index in [4.69, 9.17) is 10.5 Å². The first-order valence-corrected chi connectivity index (χ1v) is 5.30. The lowest BCUT2D eigenvalue weighted by Gasteiger charge is -2.12. The normalized spacial score (nSPS) is 11.9. The second-order valence-electron chi connectivity index (χ2n) is 3.81. The molecule has 0 heterocycles. The molecule has 0 spiro atoms. The van der Waals surface area contributed by atoms with Gasteiger partial charge in [0.1, 0.15) is 5.75 Å². The molecule has 0 fully saturated rings. The predicted octanol–water partition coefficient (Wildman–Crippen LogP) is 0.837. The van der Waals surface area contributed by atoms with E-state index in [9.17, 15) is 4.79 Å². The molecule has 0 aliphatic carbocycles. The van der Waals surface area contributed by atoms with E-state index >= 15 is 0 Å². The number of rotatable bonds is 5. The number of aryl methyl sites for hydroxylation is 1. The van der Waals surface area contributed by atoms with Crippen molar-refractivity contribution < 1.29 is 9.53 Å². The standard InChI is InChI=1S/C12H18N2O2/c1-9-4-3-5-11(6-9)16-8-12(15)14-10(2)7-13/h3-6,10H,7-8,13H2,1-2H3,(H,14,15)/t10-/m0/s1. The van der Waals surface area contributed by atoms with Crippen LogP contribution in [0.15, 0.2) is 24.3 Å². The van der Waals surface area contributed by atoms with E-state index in [1.165, 1.54) is 0 Å². The molecule has 1 amide bonds. The van der Waals surface area contributed by atoms with Crippen LogP contribution in [-0.4, -0.2) is 25.1 Å². The van der Waals surface area contributed by atoms with Crippen LogP contribution in [0.5, 0.6) is 5.75 Å². The summed E-state index contributed by atoms with van der Waals surface area (Å²) in [6, 6.07) is 7.56. The monoisotopic (exact) mass is 222 g/mol. The number of carbonyl (C=O) groups excluding carboxylic acids is 1. The van der Waals surface area contributed by atoms with Crippen LogP contribution in [0.4, 0.5) is 0 Å². The van der Waals surface area contributed by atoms with Crippen molar-refractivity contribution in [3.8, 4) is 5.75 Å². The molecule has 0 aliphatic heterocycles. The summed E-state index contributed by atoms with van der Waals surface area (Å²) in [5, 5.41) is 2.73. The van der Waals surface area contributed by atoms with Crippen molar-refractivity contribution in [2.75, 3.05) is 13.2 Å². The summed E-state index contributed by atoms with van der Waals surface area (Å²) in [4.78, 5) is 11.4. The molecule has 1 atom stereocenters. The van der Waals surface area contributed by atoms with Crippen LogP contribution < -0.4 is 15.8 Å². The van der Waals surface area contributed by atoms with Gasteiger partial charge in [0.15, 0.2) is 6.61 Å². The van der Waals surface area contributed by atoms with Gasteiger partial charge >= 0.3 is 0 Å². The number of benzene rings is 1. The predicted molar refractivity (Wildman–Crippen MR) is 63.3 cm³/mol. The van der Waals surface area contributed by atoms with E-state index in [1.54, 1.807) is 0 Å². The van der Waals surface area contributed by atoms with Crippen LogP contribution in [0.25, 0.3) is 0 Å². The number of hydrogen-bond acceptors (Lipinski definition) is 3. The van der Waals surface area contributed by atoms with Crippen molar-refractivity contribution in [1.82, 2.24) is 5.32 Å². The third-order valence-corrected chi connectivity index (χ3v) is 2.12. The van der Waals surface area contributed by atoms with Gasteiger partial charge in [-0.2, -0.15) is 0 Å². The zero-order valence-electron chi connectivity index (χ0n) is 9.69. The molecule has 0 saturated carbocycles. The van der Waals surface area contributed by atoms with Crippen molar-refractivity contribution >= 4 is 5.91 Å². The Morgan fingerprint density at radius 3 is 2.94 bits per heavy atom. The van der Waals surface area contributed by atoms with Crippen molar-refractivity contribution in [1.29, 1.82) is 0 Å². The molecule has 0 radical (unpaired) electrons. The fourth-order valence-corrected chi connectivity index (χ4v) is 1.23. The smallest absolute Gasteiger partial charge is 0.258 e. The molecule has 4 heteroatoms. The zero-order chi connectivity index (χ0) is 12.0. The average molecular weight is 222 g/mol. The molecular formula is C12H18N2O2. The minimum Gasteiger partial charge on any atom is -0.484 e. The first-order chi connectivity index (χ1) is 7.61. The summed E-state index contributed by atoms with van der Waals surface area (Å²) in [5.41, 5.74) is 6.50. The summed E-state index contributed by atoms with van der Waals surface area (Å²) in [6.07, 6.45) is 0. The highest BCUT2D eigenvalue weighted by atomic mass is 16.5. The highest BCUT2D eigenvalue weighted by Crippen LogP contribution is 2.11. The quantitative estimate of drug-likeness (QED) is 0.776. The first kappa shape index (κ1) is 12.5. The zero-order valence-corrected chi connectivity index (χ0v) is 9.69. The second-order valence-corrected chi connectivity index (χ2v) is 3.81. The summed E-state index contributed by atoms with van der Waals surface area (Å²) in [7, 11) is 0. The Hall–Kier alpha value is -1.55. The Balaban J connectivity index is 2.37. The second kappa shape index (κ2) is 6.12. The Morgan fingerprint density at radius 1 is 1.56 bits per heavy atom. The topological polar surface area (TPSA) is 64.3 Å². The SMILES string of the molecule is Cc1cccc(OCC(=O)N[C@@H](C)CN)c1.